The molecule has 0 aromatic rings. The molecule has 1 saturated carbocycles. The second-order valence-corrected chi connectivity index (χ2v) is 5.51. The van der Waals surface area contributed by atoms with Gasteiger partial charge in [0.05, 0.1) is 13.2 Å². The predicted octanol–water partition coefficient (Wildman–Crippen LogP) is 0.459. The summed E-state index contributed by atoms with van der Waals surface area (Å²) in [5.74, 6) is 0. The van der Waals surface area contributed by atoms with Gasteiger partial charge in [0, 0.05) is 37.7 Å². The van der Waals surface area contributed by atoms with E-state index in [2.05, 4.69) is 17.1 Å². The Labute approximate surface area is 104 Å². The molecular weight excluding hydrogens is 216 g/mol. The van der Waals surface area contributed by atoms with Gasteiger partial charge in [0.25, 0.3) is 0 Å². The van der Waals surface area contributed by atoms with E-state index in [4.69, 9.17) is 9.84 Å². The molecule has 0 aromatic heterocycles. The fraction of sp³-hybridized carbons (Fsp3) is 1.00. The van der Waals surface area contributed by atoms with Crippen molar-refractivity contribution in [1.29, 1.82) is 0 Å². The third-order valence-corrected chi connectivity index (χ3v) is 3.92. The molecule has 1 saturated heterocycles. The molecule has 2 aliphatic rings. The van der Waals surface area contributed by atoms with Crippen molar-refractivity contribution in [1.82, 2.24) is 10.2 Å². The minimum absolute atomic E-state index is 0.272. The lowest BCUT2D eigenvalue weighted by atomic mass is 9.86. The van der Waals surface area contributed by atoms with Gasteiger partial charge in [-0.25, -0.2) is 0 Å². The molecule has 1 atom stereocenters. The zero-order valence-corrected chi connectivity index (χ0v) is 11.0. The molecule has 1 heterocycles. The van der Waals surface area contributed by atoms with Crippen LogP contribution in [0.5, 0.6) is 0 Å². The maximum Gasteiger partial charge on any atom is 0.0558 e. The number of nitrogens with one attached hydrogen (secondary N) is 1. The summed E-state index contributed by atoms with van der Waals surface area (Å²) in [6.07, 6.45) is 3.75. The van der Waals surface area contributed by atoms with Gasteiger partial charge in [0.15, 0.2) is 0 Å². The first-order valence-electron chi connectivity index (χ1n) is 6.93. The van der Waals surface area contributed by atoms with Crippen LogP contribution in [0, 0.1) is 5.41 Å². The molecular formula is C13H26N2O2. The van der Waals surface area contributed by atoms with Crippen LogP contribution in [0.25, 0.3) is 0 Å². The van der Waals surface area contributed by atoms with Crippen molar-refractivity contribution in [3.63, 3.8) is 0 Å². The van der Waals surface area contributed by atoms with Crippen LogP contribution in [-0.4, -0.2) is 62.0 Å². The van der Waals surface area contributed by atoms with Crippen LogP contribution in [0.15, 0.2) is 0 Å². The highest BCUT2D eigenvalue weighted by molar-refractivity contribution is 4.93. The quantitative estimate of drug-likeness (QED) is 0.649. The largest absolute Gasteiger partial charge is 0.395 e. The zero-order valence-electron chi connectivity index (χ0n) is 11.0. The monoisotopic (exact) mass is 242 g/mol. The lowest BCUT2D eigenvalue weighted by Crippen LogP contribution is -2.46. The van der Waals surface area contributed by atoms with Crippen molar-refractivity contribution in [3.05, 3.63) is 0 Å². The van der Waals surface area contributed by atoms with E-state index >= 15 is 0 Å². The Bertz CT molecular complexity index is 225. The average molecular weight is 242 g/mol. The average Bonchev–Trinajstić information content (AvgIpc) is 3.08. The van der Waals surface area contributed by atoms with E-state index < -0.39 is 0 Å². The van der Waals surface area contributed by atoms with Gasteiger partial charge >= 0.3 is 0 Å². The number of hydrogen-bond acceptors (Lipinski definition) is 4. The fourth-order valence-electron chi connectivity index (χ4n) is 2.75. The molecule has 17 heavy (non-hydrogen) atoms. The van der Waals surface area contributed by atoms with Crippen molar-refractivity contribution in [3.8, 4) is 0 Å². The number of aliphatic hydroxyl groups excluding tert-OH is 1. The van der Waals surface area contributed by atoms with Crippen molar-refractivity contribution < 1.29 is 9.84 Å². The second kappa shape index (κ2) is 6.14. The first-order chi connectivity index (χ1) is 8.29. The highest BCUT2D eigenvalue weighted by Gasteiger charge is 2.39. The molecule has 0 amide bonds. The lowest BCUT2D eigenvalue weighted by molar-refractivity contribution is 0.0929. The van der Waals surface area contributed by atoms with Gasteiger partial charge in [-0.2, -0.15) is 0 Å². The Kier molecular flexibility index (Phi) is 4.79. The third kappa shape index (κ3) is 3.65. The first kappa shape index (κ1) is 13.3. The number of hydrogen-bond donors (Lipinski definition) is 2. The number of nitrogens with zero attached hydrogens (tertiary/aromatic N) is 1. The minimum atomic E-state index is 0.272. The first-order valence-corrected chi connectivity index (χ1v) is 6.93. The van der Waals surface area contributed by atoms with Gasteiger partial charge < -0.3 is 15.2 Å². The van der Waals surface area contributed by atoms with Crippen LogP contribution in [0.3, 0.4) is 0 Å². The molecule has 0 bridgehead atoms. The summed E-state index contributed by atoms with van der Waals surface area (Å²) in [6.45, 7) is 8.13. The van der Waals surface area contributed by atoms with E-state index in [9.17, 15) is 0 Å². The summed E-state index contributed by atoms with van der Waals surface area (Å²) in [7, 11) is 0. The van der Waals surface area contributed by atoms with Gasteiger partial charge in [-0.05, 0) is 25.8 Å². The van der Waals surface area contributed by atoms with Gasteiger partial charge in [0.2, 0.25) is 0 Å². The molecule has 0 radical (unpaired) electrons. The molecule has 4 nitrogen and oxygen atoms in total. The molecule has 2 N–H and O–H groups in total. The highest BCUT2D eigenvalue weighted by Crippen LogP contribution is 2.34. The number of aliphatic hydroxyl groups is 1. The van der Waals surface area contributed by atoms with Crippen LogP contribution >= 0.6 is 0 Å². The van der Waals surface area contributed by atoms with E-state index in [1.54, 1.807) is 0 Å². The lowest BCUT2D eigenvalue weighted by Gasteiger charge is -2.34. The summed E-state index contributed by atoms with van der Waals surface area (Å²) < 4.78 is 5.61. The Morgan fingerprint density at radius 3 is 2.82 bits per heavy atom. The fourth-order valence-corrected chi connectivity index (χ4v) is 2.75. The van der Waals surface area contributed by atoms with E-state index in [1.807, 2.05) is 0 Å². The molecule has 0 spiro atoms. The Balaban J connectivity index is 1.90. The molecule has 100 valence electrons. The minimum Gasteiger partial charge on any atom is -0.395 e. The van der Waals surface area contributed by atoms with Crippen LogP contribution in [0.1, 0.15) is 26.2 Å². The van der Waals surface area contributed by atoms with Crippen molar-refractivity contribution in [2.75, 3.05) is 46.0 Å². The van der Waals surface area contributed by atoms with E-state index in [0.29, 0.717) is 0 Å². The van der Waals surface area contributed by atoms with Crippen LogP contribution in [0.2, 0.25) is 0 Å². The molecule has 2 fully saturated rings. The molecule has 0 aromatic carbocycles. The molecule has 1 aliphatic heterocycles. The molecule has 1 aliphatic carbocycles. The molecule has 1 unspecified atom stereocenters. The van der Waals surface area contributed by atoms with Crippen LogP contribution in [0.4, 0.5) is 0 Å². The van der Waals surface area contributed by atoms with Crippen LogP contribution in [-0.2, 0) is 4.74 Å². The summed E-state index contributed by atoms with van der Waals surface area (Å²) in [5.41, 5.74) is 0.272. The van der Waals surface area contributed by atoms with Crippen LogP contribution < -0.4 is 5.32 Å². The van der Waals surface area contributed by atoms with Crippen molar-refractivity contribution in [2.45, 2.75) is 32.2 Å². The van der Waals surface area contributed by atoms with Gasteiger partial charge in [-0.1, -0.05) is 6.92 Å². The standard InChI is InChI=1S/C13H26N2O2/c1-2-14-9-13(5-8-17-11-13)10-15(6-7-16)12-3-4-12/h12,14,16H,2-11H2,1H3. The highest BCUT2D eigenvalue weighted by atomic mass is 16.5. The smallest absolute Gasteiger partial charge is 0.0558 e. The van der Waals surface area contributed by atoms with Crippen molar-refractivity contribution in [2.24, 2.45) is 5.41 Å². The summed E-state index contributed by atoms with van der Waals surface area (Å²) in [6, 6.07) is 0.723. The maximum atomic E-state index is 9.16. The third-order valence-electron chi connectivity index (χ3n) is 3.92. The van der Waals surface area contributed by atoms with E-state index in [1.165, 1.54) is 12.8 Å². The zero-order chi connectivity index (χ0) is 12.1. The normalized spacial score (nSPS) is 29.1. The Hall–Kier alpha value is -0.160. The topological polar surface area (TPSA) is 44.7 Å². The maximum absolute atomic E-state index is 9.16. The summed E-state index contributed by atoms with van der Waals surface area (Å²) in [5, 5.41) is 12.6. The SMILES string of the molecule is CCNCC1(CN(CCO)C2CC2)CCOC1. The summed E-state index contributed by atoms with van der Waals surface area (Å²) >= 11 is 0. The van der Waals surface area contributed by atoms with Gasteiger partial charge in [-0.3, -0.25) is 4.90 Å². The predicted molar refractivity (Wildman–Crippen MR) is 68.1 cm³/mol. The Morgan fingerprint density at radius 2 is 2.29 bits per heavy atom. The van der Waals surface area contributed by atoms with Crippen molar-refractivity contribution >= 4 is 0 Å². The Morgan fingerprint density at radius 1 is 1.47 bits per heavy atom. The number of ether oxygens (including phenoxy) is 1. The second-order valence-electron chi connectivity index (χ2n) is 5.51. The number of rotatable bonds is 8. The van der Waals surface area contributed by atoms with E-state index in [0.717, 1.165) is 51.9 Å². The van der Waals surface area contributed by atoms with E-state index in [-0.39, 0.29) is 12.0 Å². The summed E-state index contributed by atoms with van der Waals surface area (Å²) in [4.78, 5) is 2.46. The molecule has 4 heteroatoms. The molecule has 2 rings (SSSR count). The van der Waals surface area contributed by atoms with Gasteiger partial charge in [-0.15, -0.1) is 0 Å². The van der Waals surface area contributed by atoms with Gasteiger partial charge in [0.1, 0.15) is 0 Å².